The zero-order valence-corrected chi connectivity index (χ0v) is 6.30. The lowest BCUT2D eigenvalue weighted by Gasteiger charge is -1.99. The number of hydrogen-bond donors (Lipinski definition) is 0. The van der Waals surface area contributed by atoms with Crippen molar-refractivity contribution in [2.45, 2.75) is 13.3 Å². The molecule has 0 aliphatic rings. The highest BCUT2D eigenvalue weighted by atomic mass is 35.7. The Morgan fingerprint density at radius 2 is 2.29 bits per heavy atom. The van der Waals surface area contributed by atoms with E-state index in [1.165, 1.54) is 0 Å². The van der Waals surface area contributed by atoms with Crippen LogP contribution in [0.1, 0.15) is 13.3 Å². The summed E-state index contributed by atoms with van der Waals surface area (Å²) < 4.78 is 5.02. The van der Waals surface area contributed by atoms with E-state index >= 15 is 0 Å². The molecule has 0 radical (unpaired) electrons. The fraction of sp³-hybridized carbons (Fsp3) is 1.00. The summed E-state index contributed by atoms with van der Waals surface area (Å²) in [5.41, 5.74) is 0. The summed E-state index contributed by atoms with van der Waals surface area (Å²) in [4.78, 5) is 0. The van der Waals surface area contributed by atoms with Gasteiger partial charge in [-0.3, -0.25) is 0 Å². The smallest absolute Gasteiger partial charge is 0.121 e. The average molecular weight is 141 g/mol. The number of rotatable bonds is 3. The first-order valence-electron chi connectivity index (χ1n) is 2.29. The molecule has 0 N–H and O–H groups in total. The number of halogens is 1. The molecule has 0 aromatic rings. The molecule has 0 aromatic heterocycles. The van der Waals surface area contributed by atoms with Gasteiger partial charge in [0.05, 0.1) is 6.61 Å². The molecule has 0 aliphatic heterocycles. The lowest BCUT2D eigenvalue weighted by atomic mass is 10.5. The van der Waals surface area contributed by atoms with Crippen LogP contribution in [0.2, 0.25) is 0 Å². The molecule has 7 heavy (non-hydrogen) atoms. The predicted octanol–water partition coefficient (Wildman–Crippen LogP) is 2.59. The van der Waals surface area contributed by atoms with Crippen molar-refractivity contribution in [2.75, 3.05) is 13.3 Å². The van der Waals surface area contributed by atoms with Crippen LogP contribution >= 0.6 is 18.7 Å². The third-order valence-electron chi connectivity index (χ3n) is 0.473. The summed E-state index contributed by atoms with van der Waals surface area (Å²) in [6.07, 6.45) is 1.05. The minimum atomic E-state index is -0.634. The Morgan fingerprint density at radius 3 is 2.43 bits per heavy atom. The minimum Gasteiger partial charge on any atom is -0.343 e. The fourth-order valence-electron chi connectivity index (χ4n) is 0.217. The normalized spacial score (nSPS) is 14.1. The number of hydrogen-bond acceptors (Lipinski definition) is 1. The quantitative estimate of drug-likeness (QED) is 0.548. The Morgan fingerprint density at radius 1 is 1.71 bits per heavy atom. The molecule has 1 atom stereocenters. The van der Waals surface area contributed by atoms with Gasteiger partial charge in [0.2, 0.25) is 0 Å². The molecule has 0 aliphatic carbocycles. The predicted molar refractivity (Wildman–Crippen MR) is 34.9 cm³/mol. The summed E-state index contributed by atoms with van der Waals surface area (Å²) in [5.74, 6) is 0. The molecule has 0 rings (SSSR count). The Labute approximate surface area is 50.6 Å². The average Bonchev–Trinajstić information content (AvgIpc) is 1.61. The van der Waals surface area contributed by atoms with E-state index in [-0.39, 0.29) is 0 Å². The van der Waals surface area contributed by atoms with Gasteiger partial charge in [0, 0.05) is 0 Å². The van der Waals surface area contributed by atoms with Gasteiger partial charge in [0.25, 0.3) is 0 Å². The molecule has 0 heterocycles. The lowest BCUT2D eigenvalue weighted by Crippen LogP contribution is -1.80. The molecule has 0 saturated carbocycles. The van der Waals surface area contributed by atoms with Crippen molar-refractivity contribution in [3.63, 3.8) is 0 Å². The second-order valence-electron chi connectivity index (χ2n) is 1.25. The zero-order chi connectivity index (χ0) is 5.70. The zero-order valence-electron chi connectivity index (χ0n) is 4.65. The van der Waals surface area contributed by atoms with Gasteiger partial charge in [-0.1, -0.05) is 18.2 Å². The van der Waals surface area contributed by atoms with Crippen molar-refractivity contribution in [2.24, 2.45) is 0 Å². The van der Waals surface area contributed by atoms with Gasteiger partial charge in [-0.05, 0) is 13.1 Å². The molecule has 0 saturated heterocycles. The van der Waals surface area contributed by atoms with Gasteiger partial charge in [-0.15, -0.1) is 0 Å². The van der Waals surface area contributed by atoms with Crippen LogP contribution in [-0.2, 0) is 4.52 Å². The van der Waals surface area contributed by atoms with E-state index in [2.05, 4.69) is 6.92 Å². The van der Waals surface area contributed by atoms with Crippen molar-refractivity contribution < 1.29 is 4.52 Å². The fourth-order valence-corrected chi connectivity index (χ4v) is 0.858. The van der Waals surface area contributed by atoms with Crippen molar-refractivity contribution in [3.8, 4) is 0 Å². The first kappa shape index (κ1) is 7.68. The van der Waals surface area contributed by atoms with Crippen molar-refractivity contribution in [3.05, 3.63) is 0 Å². The van der Waals surface area contributed by atoms with E-state index in [4.69, 9.17) is 15.8 Å². The summed E-state index contributed by atoms with van der Waals surface area (Å²) >= 11 is 5.50. The third kappa shape index (κ3) is 6.68. The molecule has 0 fully saturated rings. The standard InChI is InChI=1S/C4H10ClOP/c1-3-4-6-7(2)5/h3-4H2,1-2H3. The van der Waals surface area contributed by atoms with E-state index in [0.717, 1.165) is 13.0 Å². The Bertz CT molecular complexity index is 40.7. The third-order valence-corrected chi connectivity index (χ3v) is 1.30. The van der Waals surface area contributed by atoms with Crippen LogP contribution in [-0.4, -0.2) is 13.3 Å². The molecule has 1 unspecified atom stereocenters. The molecule has 0 spiro atoms. The van der Waals surface area contributed by atoms with Crippen LogP contribution in [0.4, 0.5) is 0 Å². The van der Waals surface area contributed by atoms with E-state index < -0.39 is 7.50 Å². The maximum atomic E-state index is 5.50. The van der Waals surface area contributed by atoms with Crippen LogP contribution in [0.3, 0.4) is 0 Å². The summed E-state index contributed by atoms with van der Waals surface area (Å²) in [5, 5.41) is 0. The molecule has 0 aromatic carbocycles. The highest BCUT2D eigenvalue weighted by Crippen LogP contribution is 2.37. The SMILES string of the molecule is CCCOP(C)Cl. The molecular formula is C4H10ClOP. The Balaban J connectivity index is 2.68. The van der Waals surface area contributed by atoms with Gasteiger partial charge < -0.3 is 4.52 Å². The van der Waals surface area contributed by atoms with E-state index in [0.29, 0.717) is 0 Å². The van der Waals surface area contributed by atoms with Crippen LogP contribution in [0, 0.1) is 0 Å². The van der Waals surface area contributed by atoms with Crippen LogP contribution in [0.15, 0.2) is 0 Å². The molecule has 1 nitrogen and oxygen atoms in total. The van der Waals surface area contributed by atoms with Gasteiger partial charge in [0.15, 0.2) is 0 Å². The molecule has 0 amide bonds. The van der Waals surface area contributed by atoms with Gasteiger partial charge in [0.1, 0.15) is 7.50 Å². The highest BCUT2D eigenvalue weighted by Gasteiger charge is 1.90. The van der Waals surface area contributed by atoms with Crippen LogP contribution < -0.4 is 0 Å². The topological polar surface area (TPSA) is 9.23 Å². The molecule has 44 valence electrons. The highest BCUT2D eigenvalue weighted by molar-refractivity contribution is 7.79. The first-order valence-corrected chi connectivity index (χ1v) is 4.91. The van der Waals surface area contributed by atoms with Gasteiger partial charge >= 0.3 is 0 Å². The second-order valence-corrected chi connectivity index (χ2v) is 3.78. The Kier molecular flexibility index (Phi) is 5.30. The van der Waals surface area contributed by atoms with Crippen LogP contribution in [0.5, 0.6) is 0 Å². The largest absolute Gasteiger partial charge is 0.343 e. The van der Waals surface area contributed by atoms with Crippen LogP contribution in [0.25, 0.3) is 0 Å². The van der Waals surface area contributed by atoms with Gasteiger partial charge in [-0.2, -0.15) is 0 Å². The summed E-state index contributed by atoms with van der Waals surface area (Å²) in [6, 6.07) is 0. The van der Waals surface area contributed by atoms with E-state index in [9.17, 15) is 0 Å². The van der Waals surface area contributed by atoms with Crippen molar-refractivity contribution >= 4 is 18.7 Å². The maximum absolute atomic E-state index is 5.50. The van der Waals surface area contributed by atoms with E-state index in [1.807, 2.05) is 6.66 Å². The van der Waals surface area contributed by atoms with E-state index in [1.54, 1.807) is 0 Å². The van der Waals surface area contributed by atoms with Crippen molar-refractivity contribution in [1.82, 2.24) is 0 Å². The Hall–Kier alpha value is 0.680. The molecule has 3 heteroatoms. The second kappa shape index (κ2) is 4.83. The summed E-state index contributed by atoms with van der Waals surface area (Å²) in [7, 11) is -0.634. The minimum absolute atomic E-state index is 0.634. The summed E-state index contributed by atoms with van der Waals surface area (Å²) in [6.45, 7) is 4.74. The van der Waals surface area contributed by atoms with Gasteiger partial charge in [-0.25, -0.2) is 0 Å². The molecular weight excluding hydrogens is 130 g/mol. The maximum Gasteiger partial charge on any atom is 0.121 e. The van der Waals surface area contributed by atoms with Crippen molar-refractivity contribution in [1.29, 1.82) is 0 Å². The monoisotopic (exact) mass is 140 g/mol. The lowest BCUT2D eigenvalue weighted by molar-refractivity contribution is 0.361. The molecule has 0 bridgehead atoms. The first-order chi connectivity index (χ1) is 3.27.